The Morgan fingerprint density at radius 3 is 2.59 bits per heavy atom. The second-order valence-corrected chi connectivity index (χ2v) is 8.10. The van der Waals surface area contributed by atoms with E-state index in [0.29, 0.717) is 19.4 Å². The van der Waals surface area contributed by atoms with Gasteiger partial charge in [0.1, 0.15) is 17.3 Å². The van der Waals surface area contributed by atoms with Crippen molar-refractivity contribution in [3.8, 4) is 0 Å². The molecular weight excluding hydrogens is 354 g/mol. The summed E-state index contributed by atoms with van der Waals surface area (Å²) in [5.41, 5.74) is 0.242. The van der Waals surface area contributed by atoms with Gasteiger partial charge in [-0.3, -0.25) is 9.63 Å². The molecule has 3 fully saturated rings. The van der Waals surface area contributed by atoms with Gasteiger partial charge in [0.05, 0.1) is 31.8 Å². The number of aliphatic hydroxyl groups is 1. The highest BCUT2D eigenvalue weighted by molar-refractivity contribution is 6.32. The first kappa shape index (κ1) is 20.3. The molecule has 0 aromatic rings. The minimum Gasteiger partial charge on any atom is -0.452 e. The van der Waals surface area contributed by atoms with E-state index < -0.39 is 35.3 Å². The van der Waals surface area contributed by atoms with E-state index in [9.17, 15) is 14.7 Å². The van der Waals surface area contributed by atoms with Crippen molar-refractivity contribution in [1.82, 2.24) is 5.06 Å². The molecule has 0 aromatic carbocycles. The summed E-state index contributed by atoms with van der Waals surface area (Å²) in [6, 6.07) is 0. The van der Waals surface area contributed by atoms with Crippen LogP contribution in [0.4, 0.5) is 0 Å². The van der Waals surface area contributed by atoms with Crippen molar-refractivity contribution in [1.29, 1.82) is 0 Å². The Balaban J connectivity index is 1.70. The number of carbonyl (C=O) groups is 2. The van der Waals surface area contributed by atoms with Crippen LogP contribution in [-0.2, 0) is 28.6 Å². The lowest BCUT2D eigenvalue weighted by molar-refractivity contribution is -0.191. The number of allylic oxidation sites excluding steroid dienone is 1. The highest BCUT2D eigenvalue weighted by Gasteiger charge is 2.71. The fraction of sp³-hybridized carbons (Fsp3) is 0.789. The molecule has 1 N–H and O–H groups in total. The summed E-state index contributed by atoms with van der Waals surface area (Å²) in [5, 5.41) is 11.8. The van der Waals surface area contributed by atoms with Gasteiger partial charge in [-0.1, -0.05) is 11.6 Å². The first-order valence-electron chi connectivity index (χ1n) is 9.30. The van der Waals surface area contributed by atoms with Crippen LogP contribution in [0.3, 0.4) is 0 Å². The van der Waals surface area contributed by atoms with Crippen LogP contribution in [0.1, 0.15) is 40.0 Å². The van der Waals surface area contributed by atoms with E-state index >= 15 is 0 Å². The molecule has 3 aliphatic rings. The molecule has 3 rings (SSSR count). The van der Waals surface area contributed by atoms with E-state index in [-0.39, 0.29) is 12.0 Å². The number of hydroxylamine groups is 2. The average molecular weight is 383 g/mol. The Morgan fingerprint density at radius 1 is 1.37 bits per heavy atom. The maximum Gasteiger partial charge on any atom is 0.399 e. The Bertz CT molecular complexity index is 640. The van der Waals surface area contributed by atoms with Gasteiger partial charge in [0.2, 0.25) is 0 Å². The summed E-state index contributed by atoms with van der Waals surface area (Å²) < 4.78 is 17.0. The summed E-state index contributed by atoms with van der Waals surface area (Å²) in [6.07, 6.45) is 2.20. The number of esters is 1. The lowest BCUT2D eigenvalue weighted by atomic mass is 9.68. The van der Waals surface area contributed by atoms with Crippen LogP contribution in [0.2, 0.25) is 0 Å². The first-order valence-corrected chi connectivity index (χ1v) is 9.30. The van der Waals surface area contributed by atoms with Crippen molar-refractivity contribution < 1.29 is 33.7 Å². The van der Waals surface area contributed by atoms with E-state index in [1.165, 1.54) is 19.7 Å². The zero-order valence-electron chi connectivity index (χ0n) is 16.6. The minimum atomic E-state index is -1.04. The number of nitrogens with zero attached hydrogens (tertiary/aromatic N) is 1. The zero-order chi connectivity index (χ0) is 20.0. The summed E-state index contributed by atoms with van der Waals surface area (Å²) >= 11 is 0. The van der Waals surface area contributed by atoms with Gasteiger partial charge in [-0.05, 0) is 40.0 Å². The van der Waals surface area contributed by atoms with Crippen molar-refractivity contribution in [2.75, 3.05) is 20.8 Å². The average Bonchev–Trinajstić information content (AvgIpc) is 3.52. The number of hydrogen-bond donors (Lipinski definition) is 1. The highest BCUT2D eigenvalue weighted by atomic mass is 16.7. The van der Waals surface area contributed by atoms with Crippen molar-refractivity contribution in [2.24, 2.45) is 5.92 Å². The number of epoxide rings is 2. The van der Waals surface area contributed by atoms with Gasteiger partial charge in [-0.15, -0.1) is 0 Å². The predicted molar refractivity (Wildman–Crippen MR) is 94.4 cm³/mol. The van der Waals surface area contributed by atoms with E-state index in [0.717, 1.165) is 11.5 Å². The summed E-state index contributed by atoms with van der Waals surface area (Å²) in [5.74, 6) is -2.28. The van der Waals surface area contributed by atoms with Crippen LogP contribution in [0.5, 0.6) is 0 Å². The molecule has 1 aliphatic carbocycles. The molecule has 2 saturated heterocycles. The fourth-order valence-electron chi connectivity index (χ4n) is 4.22. The smallest absolute Gasteiger partial charge is 0.399 e. The number of hydrogen-bond acceptors (Lipinski definition) is 7. The third-order valence-corrected chi connectivity index (χ3v) is 5.99. The second-order valence-electron chi connectivity index (χ2n) is 8.10. The van der Waals surface area contributed by atoms with Crippen LogP contribution in [0.25, 0.3) is 0 Å². The maximum atomic E-state index is 12.1. The van der Waals surface area contributed by atoms with Crippen LogP contribution in [-0.4, -0.2) is 72.3 Å². The van der Waals surface area contributed by atoms with Crippen molar-refractivity contribution in [3.05, 3.63) is 11.6 Å². The maximum absolute atomic E-state index is 12.1. The normalized spacial score (nSPS) is 39.6. The Kier molecular flexibility index (Phi) is 5.37. The number of likely N-dealkylation sites (N-methyl/N-ethyl adjacent to an activating group) is 1. The van der Waals surface area contributed by atoms with Crippen LogP contribution >= 0.6 is 0 Å². The summed E-state index contributed by atoms with van der Waals surface area (Å²) in [4.78, 5) is 28.7. The van der Waals surface area contributed by atoms with Crippen LogP contribution in [0.15, 0.2) is 11.6 Å². The largest absolute Gasteiger partial charge is 0.452 e. The second kappa shape index (κ2) is 7.16. The highest BCUT2D eigenvalue weighted by Crippen LogP contribution is 2.59. The van der Waals surface area contributed by atoms with Gasteiger partial charge >= 0.3 is 11.9 Å². The third-order valence-electron chi connectivity index (χ3n) is 5.99. The van der Waals surface area contributed by atoms with Crippen LogP contribution in [0, 0.1) is 5.92 Å². The number of amides is 1. The molecule has 1 saturated carbocycles. The SMILES string of the molecule is CON(C)C(=O)C(=O)O[C@@H]1CC[C@]2(CO2)[C@@H](C2(C)O[C@@H]2CC=C(C)C)[C@@H]1O. The molecule has 8 nitrogen and oxygen atoms in total. The number of aliphatic hydroxyl groups excluding tert-OH is 1. The molecule has 0 aromatic heterocycles. The van der Waals surface area contributed by atoms with E-state index in [1.54, 1.807) is 0 Å². The molecular formula is C19H29NO7. The van der Waals surface area contributed by atoms with Crippen molar-refractivity contribution in [2.45, 2.75) is 69.5 Å². The Morgan fingerprint density at radius 2 is 2.04 bits per heavy atom. The third kappa shape index (κ3) is 3.76. The van der Waals surface area contributed by atoms with Crippen LogP contribution < -0.4 is 0 Å². The quantitative estimate of drug-likeness (QED) is 0.248. The fourth-order valence-corrected chi connectivity index (χ4v) is 4.22. The monoisotopic (exact) mass is 383 g/mol. The van der Waals surface area contributed by atoms with Gasteiger partial charge in [0.25, 0.3) is 0 Å². The van der Waals surface area contributed by atoms with Gasteiger partial charge in [-0.25, -0.2) is 9.86 Å². The lowest BCUT2D eigenvalue weighted by Gasteiger charge is -2.40. The van der Waals surface area contributed by atoms with E-state index in [1.807, 2.05) is 20.8 Å². The molecule has 27 heavy (non-hydrogen) atoms. The molecule has 6 atom stereocenters. The van der Waals surface area contributed by atoms with Gasteiger partial charge in [0.15, 0.2) is 0 Å². The Hall–Kier alpha value is -1.48. The topological polar surface area (TPSA) is 101 Å². The van der Waals surface area contributed by atoms with Crippen molar-refractivity contribution >= 4 is 11.9 Å². The standard InChI is InChI=1S/C19H29NO7/c1-11(2)6-7-13-18(3,27-13)15-14(21)12(8-9-19(15)10-25-19)26-17(23)16(22)20(4)24-5/h6,12-15,21H,7-10H2,1-5H3/t12-,13-,14-,15-,18?,19+/m1/s1. The number of rotatable bonds is 5. The summed E-state index contributed by atoms with van der Waals surface area (Å²) in [6.45, 7) is 6.60. The predicted octanol–water partition coefficient (Wildman–Crippen LogP) is 0.972. The molecule has 1 amide bonds. The minimum absolute atomic E-state index is 0.0103. The van der Waals surface area contributed by atoms with Gasteiger partial charge in [0, 0.05) is 7.05 Å². The number of ether oxygens (including phenoxy) is 3. The molecule has 1 unspecified atom stereocenters. The molecule has 152 valence electrons. The van der Waals surface area contributed by atoms with Gasteiger partial charge < -0.3 is 19.3 Å². The Labute approximate surface area is 159 Å². The molecule has 0 bridgehead atoms. The van der Waals surface area contributed by atoms with E-state index in [2.05, 4.69) is 6.08 Å². The molecule has 2 aliphatic heterocycles. The summed E-state index contributed by atoms with van der Waals surface area (Å²) in [7, 11) is 2.60. The molecule has 0 radical (unpaired) electrons. The van der Waals surface area contributed by atoms with Crippen molar-refractivity contribution in [3.63, 3.8) is 0 Å². The van der Waals surface area contributed by atoms with Gasteiger partial charge in [-0.2, -0.15) is 0 Å². The van der Waals surface area contributed by atoms with E-state index in [4.69, 9.17) is 19.0 Å². The zero-order valence-corrected chi connectivity index (χ0v) is 16.6. The first-order chi connectivity index (χ1) is 12.6. The molecule has 1 spiro atoms. The number of carbonyl (C=O) groups excluding carboxylic acids is 2. The molecule has 2 heterocycles. The lowest BCUT2D eigenvalue weighted by Crippen LogP contribution is -2.55. The molecule has 8 heteroatoms.